The molecule has 0 fully saturated rings. The average molecular weight is 173 g/mol. The van der Waals surface area contributed by atoms with E-state index in [0.717, 1.165) is 0 Å². The molecule has 1 N–H and O–H groups in total. The SMILES string of the molecule is Oc1ccc(C=C(F)Cl)cc1. The Labute approximate surface area is 68.7 Å². The Hall–Kier alpha value is -1.02. The van der Waals surface area contributed by atoms with Crippen LogP contribution in [0.25, 0.3) is 6.08 Å². The molecule has 0 saturated carbocycles. The molecule has 1 rings (SSSR count). The molecule has 0 amide bonds. The summed E-state index contributed by atoms with van der Waals surface area (Å²) in [5.74, 6) is 0.150. The summed E-state index contributed by atoms with van der Waals surface area (Å²) in [6, 6.07) is 6.06. The molecular weight excluding hydrogens is 167 g/mol. The second kappa shape index (κ2) is 3.39. The quantitative estimate of drug-likeness (QED) is 0.691. The third kappa shape index (κ3) is 2.60. The van der Waals surface area contributed by atoms with Crippen LogP contribution in [0.2, 0.25) is 0 Å². The van der Waals surface area contributed by atoms with Crippen molar-refractivity contribution in [2.75, 3.05) is 0 Å². The standard InChI is InChI=1S/C8H6ClFO/c9-8(10)5-6-1-3-7(11)4-2-6/h1-5,11H. The van der Waals surface area contributed by atoms with E-state index in [1.165, 1.54) is 18.2 Å². The van der Waals surface area contributed by atoms with Gasteiger partial charge in [-0.05, 0) is 23.8 Å². The fourth-order valence-electron chi connectivity index (χ4n) is 0.697. The minimum absolute atomic E-state index is 0.150. The maximum atomic E-state index is 12.1. The van der Waals surface area contributed by atoms with Crippen LogP contribution in [-0.4, -0.2) is 5.11 Å². The smallest absolute Gasteiger partial charge is 0.189 e. The van der Waals surface area contributed by atoms with E-state index in [2.05, 4.69) is 0 Å². The van der Waals surface area contributed by atoms with Crippen LogP contribution in [0.15, 0.2) is 29.6 Å². The van der Waals surface area contributed by atoms with Crippen LogP contribution in [0, 0.1) is 0 Å². The highest BCUT2D eigenvalue weighted by atomic mass is 35.5. The Morgan fingerprint density at radius 2 is 1.91 bits per heavy atom. The lowest BCUT2D eigenvalue weighted by Crippen LogP contribution is -1.69. The summed E-state index contributed by atoms with van der Waals surface area (Å²) in [6.45, 7) is 0. The van der Waals surface area contributed by atoms with Crippen LogP contribution in [0.1, 0.15) is 5.56 Å². The number of benzene rings is 1. The number of hydrogen-bond acceptors (Lipinski definition) is 1. The molecule has 1 nitrogen and oxygen atoms in total. The van der Waals surface area contributed by atoms with Crippen LogP contribution in [0.4, 0.5) is 4.39 Å². The highest BCUT2D eigenvalue weighted by Crippen LogP contribution is 2.14. The van der Waals surface area contributed by atoms with E-state index in [1.807, 2.05) is 0 Å². The summed E-state index contributed by atoms with van der Waals surface area (Å²) >= 11 is 4.98. The third-order valence-corrected chi connectivity index (χ3v) is 1.28. The van der Waals surface area contributed by atoms with E-state index in [1.54, 1.807) is 12.1 Å². The first-order chi connectivity index (χ1) is 5.18. The van der Waals surface area contributed by atoms with E-state index < -0.39 is 5.29 Å². The predicted octanol–water partition coefficient (Wildman–Crippen LogP) is 2.90. The van der Waals surface area contributed by atoms with E-state index >= 15 is 0 Å². The van der Waals surface area contributed by atoms with Gasteiger partial charge in [-0.2, -0.15) is 4.39 Å². The predicted molar refractivity (Wildman–Crippen MR) is 43.0 cm³/mol. The molecule has 0 aliphatic carbocycles. The van der Waals surface area contributed by atoms with Crippen LogP contribution < -0.4 is 0 Å². The van der Waals surface area contributed by atoms with Gasteiger partial charge in [0.05, 0.1) is 0 Å². The topological polar surface area (TPSA) is 20.2 Å². The van der Waals surface area contributed by atoms with Crippen molar-refractivity contribution in [3.63, 3.8) is 0 Å². The Kier molecular flexibility index (Phi) is 2.49. The van der Waals surface area contributed by atoms with Crippen molar-refractivity contribution in [3.05, 3.63) is 35.1 Å². The number of hydrogen-bond donors (Lipinski definition) is 1. The first-order valence-electron chi connectivity index (χ1n) is 3.00. The van der Waals surface area contributed by atoms with Crippen molar-refractivity contribution in [2.45, 2.75) is 0 Å². The summed E-state index contributed by atoms with van der Waals surface area (Å²) < 4.78 is 12.1. The molecule has 0 atom stereocenters. The Morgan fingerprint density at radius 1 is 1.36 bits per heavy atom. The molecule has 0 heterocycles. The third-order valence-electron chi connectivity index (χ3n) is 1.17. The number of rotatable bonds is 1. The largest absolute Gasteiger partial charge is 0.508 e. The van der Waals surface area contributed by atoms with Gasteiger partial charge in [-0.15, -0.1) is 0 Å². The molecule has 0 radical (unpaired) electrons. The van der Waals surface area contributed by atoms with Gasteiger partial charge in [0, 0.05) is 0 Å². The molecule has 0 bridgehead atoms. The summed E-state index contributed by atoms with van der Waals surface area (Å²) in [4.78, 5) is 0. The van der Waals surface area contributed by atoms with Crippen molar-refractivity contribution in [3.8, 4) is 5.75 Å². The van der Waals surface area contributed by atoms with Gasteiger partial charge in [0.1, 0.15) is 5.75 Å². The number of halogens is 2. The first kappa shape index (κ1) is 8.08. The lowest BCUT2D eigenvalue weighted by atomic mass is 10.2. The van der Waals surface area contributed by atoms with Crippen molar-refractivity contribution in [2.24, 2.45) is 0 Å². The van der Waals surface area contributed by atoms with Crippen LogP contribution in [-0.2, 0) is 0 Å². The average Bonchev–Trinajstić information content (AvgIpc) is 1.93. The lowest BCUT2D eigenvalue weighted by molar-refractivity contribution is 0.475. The normalized spacial score (nSPS) is 11.6. The number of phenols is 1. The van der Waals surface area contributed by atoms with Crippen LogP contribution in [0.5, 0.6) is 5.75 Å². The summed E-state index contributed by atoms with van der Waals surface area (Å²) in [5.41, 5.74) is 0.621. The van der Waals surface area contributed by atoms with E-state index in [-0.39, 0.29) is 5.75 Å². The molecule has 0 aromatic heterocycles. The molecule has 0 aliphatic heterocycles. The van der Waals surface area contributed by atoms with Gasteiger partial charge in [0.2, 0.25) is 0 Å². The number of phenolic OH excluding ortho intramolecular Hbond substituents is 1. The Bertz CT molecular complexity index is 262. The molecule has 3 heteroatoms. The zero-order chi connectivity index (χ0) is 8.27. The fourth-order valence-corrected chi connectivity index (χ4v) is 0.823. The van der Waals surface area contributed by atoms with E-state index in [0.29, 0.717) is 5.56 Å². The van der Waals surface area contributed by atoms with Crippen LogP contribution >= 0.6 is 11.6 Å². The summed E-state index contributed by atoms with van der Waals surface area (Å²) in [7, 11) is 0. The summed E-state index contributed by atoms with van der Waals surface area (Å²) in [6.07, 6.45) is 1.17. The van der Waals surface area contributed by atoms with Gasteiger partial charge in [-0.3, -0.25) is 0 Å². The van der Waals surface area contributed by atoms with Gasteiger partial charge in [-0.1, -0.05) is 23.7 Å². The molecule has 0 unspecified atom stereocenters. The molecule has 0 spiro atoms. The molecule has 11 heavy (non-hydrogen) atoms. The van der Waals surface area contributed by atoms with Gasteiger partial charge in [-0.25, -0.2) is 0 Å². The monoisotopic (exact) mass is 172 g/mol. The van der Waals surface area contributed by atoms with Crippen molar-refractivity contribution in [1.29, 1.82) is 0 Å². The highest BCUT2D eigenvalue weighted by Gasteiger charge is 1.90. The van der Waals surface area contributed by atoms with Crippen molar-refractivity contribution < 1.29 is 9.50 Å². The van der Waals surface area contributed by atoms with Gasteiger partial charge < -0.3 is 5.11 Å². The minimum Gasteiger partial charge on any atom is -0.508 e. The Morgan fingerprint density at radius 3 is 2.36 bits per heavy atom. The summed E-state index contributed by atoms with van der Waals surface area (Å²) in [5, 5.41) is 8.08. The second-order valence-corrected chi connectivity index (χ2v) is 2.39. The second-order valence-electron chi connectivity index (χ2n) is 2.03. The maximum absolute atomic E-state index is 12.1. The minimum atomic E-state index is -0.768. The van der Waals surface area contributed by atoms with E-state index in [9.17, 15) is 4.39 Å². The molecule has 1 aromatic carbocycles. The first-order valence-corrected chi connectivity index (χ1v) is 3.38. The maximum Gasteiger partial charge on any atom is 0.189 e. The molecule has 0 aliphatic rings. The zero-order valence-electron chi connectivity index (χ0n) is 5.59. The molecular formula is C8H6ClFO. The van der Waals surface area contributed by atoms with Gasteiger partial charge in [0.25, 0.3) is 0 Å². The lowest BCUT2D eigenvalue weighted by Gasteiger charge is -1.92. The van der Waals surface area contributed by atoms with Crippen molar-refractivity contribution >= 4 is 17.7 Å². The molecule has 58 valence electrons. The zero-order valence-corrected chi connectivity index (χ0v) is 6.35. The number of aromatic hydroxyl groups is 1. The molecule has 1 aromatic rings. The highest BCUT2D eigenvalue weighted by molar-refractivity contribution is 6.30. The van der Waals surface area contributed by atoms with Crippen LogP contribution in [0.3, 0.4) is 0 Å². The van der Waals surface area contributed by atoms with Crippen molar-refractivity contribution in [1.82, 2.24) is 0 Å². The Balaban J connectivity index is 2.91. The fraction of sp³-hybridized carbons (Fsp3) is 0. The van der Waals surface area contributed by atoms with Gasteiger partial charge in [0.15, 0.2) is 5.29 Å². The van der Waals surface area contributed by atoms with E-state index in [4.69, 9.17) is 16.7 Å². The molecule has 0 saturated heterocycles. The van der Waals surface area contributed by atoms with Gasteiger partial charge >= 0.3 is 0 Å².